The van der Waals surface area contributed by atoms with Crippen molar-refractivity contribution in [2.75, 3.05) is 38.4 Å². The molecule has 1 fully saturated rings. The smallest absolute Gasteiger partial charge is 0.430 e. The number of H-pyrrole nitrogens is 1. The topological polar surface area (TPSA) is 184 Å². The van der Waals surface area contributed by atoms with Crippen LogP contribution in [0.3, 0.4) is 0 Å². The van der Waals surface area contributed by atoms with Gasteiger partial charge in [0.1, 0.15) is 12.0 Å². The van der Waals surface area contributed by atoms with Gasteiger partial charge in [0.15, 0.2) is 0 Å². The summed E-state index contributed by atoms with van der Waals surface area (Å²) in [7, 11) is -2.77. The van der Waals surface area contributed by atoms with Crippen molar-refractivity contribution >= 4 is 13.4 Å². The number of benzene rings is 1. The van der Waals surface area contributed by atoms with E-state index in [1.807, 2.05) is 0 Å². The zero-order valence-corrected chi connectivity index (χ0v) is 23.1. The second-order valence-electron chi connectivity index (χ2n) is 8.39. The van der Waals surface area contributed by atoms with Crippen molar-refractivity contribution in [3.05, 3.63) is 67.3 Å². The van der Waals surface area contributed by atoms with Gasteiger partial charge in [0.2, 0.25) is 0 Å². The van der Waals surface area contributed by atoms with Gasteiger partial charge in [-0.3, -0.25) is 24.0 Å². The normalized spacial score (nSPS) is 20.1. The van der Waals surface area contributed by atoms with Gasteiger partial charge in [0.25, 0.3) is 5.56 Å². The van der Waals surface area contributed by atoms with Crippen molar-refractivity contribution in [3.8, 4) is 5.75 Å². The van der Waals surface area contributed by atoms with Gasteiger partial charge in [-0.05, 0) is 56.4 Å². The lowest BCUT2D eigenvalue weighted by Gasteiger charge is -2.19. The molecule has 1 aliphatic rings. The molecule has 15 heteroatoms. The van der Waals surface area contributed by atoms with Gasteiger partial charge in [-0.25, -0.2) is 9.36 Å². The molecule has 210 valence electrons. The lowest BCUT2D eigenvalue weighted by atomic mass is 10.1. The monoisotopic (exact) mass is 553 g/mol. The fraction of sp³-hybridized carbons (Fsp3) is 0.565. The maximum atomic E-state index is 12.4. The first kappa shape index (κ1) is 31.1. The van der Waals surface area contributed by atoms with Gasteiger partial charge in [-0.15, -0.1) is 0 Å². The number of nitrogens with one attached hydrogen (secondary N) is 2. The molecule has 3 rings (SSSR count). The lowest BCUT2D eigenvalue weighted by molar-refractivity contribution is -0.0237. The van der Waals surface area contributed by atoms with Gasteiger partial charge in [0.05, 0.1) is 25.9 Å². The van der Waals surface area contributed by atoms with Crippen LogP contribution in [0.5, 0.6) is 5.75 Å². The number of ether oxygens (including phenoxy) is 2. The van der Waals surface area contributed by atoms with Crippen LogP contribution in [0.4, 0.5) is 5.69 Å². The van der Waals surface area contributed by atoms with Crippen molar-refractivity contribution in [2.24, 2.45) is 5.11 Å². The van der Waals surface area contributed by atoms with Crippen LogP contribution < -0.4 is 21.1 Å². The Hall–Kier alpha value is -3.12. The Morgan fingerprint density at radius 2 is 1.89 bits per heavy atom. The Labute approximate surface area is 220 Å². The molecular formula is C23H36N7O7P. The molecule has 0 radical (unpaired) electrons. The van der Waals surface area contributed by atoms with E-state index in [1.54, 1.807) is 24.3 Å². The quantitative estimate of drug-likeness (QED) is 0.162. The average Bonchev–Trinajstić information content (AvgIpc) is 3.29. The lowest BCUT2D eigenvalue weighted by Crippen LogP contribution is -2.33. The number of nitrogens with zero attached hydrogens (tertiary/aromatic N) is 5. The molecule has 0 bridgehead atoms. The molecule has 3 N–H and O–H groups in total. The Balaban J connectivity index is 0.000000638. The Bertz CT molecular complexity index is 1230. The van der Waals surface area contributed by atoms with Crippen molar-refractivity contribution in [3.63, 3.8) is 0 Å². The molecule has 2 aromatic rings. The molecule has 1 aromatic carbocycles. The minimum atomic E-state index is -4.27. The van der Waals surface area contributed by atoms with E-state index in [0.717, 1.165) is 0 Å². The summed E-state index contributed by atoms with van der Waals surface area (Å²) in [5.41, 5.74) is 8.25. The first-order chi connectivity index (χ1) is 18.1. The fourth-order valence-electron chi connectivity index (χ4n) is 3.73. The zero-order valence-electron chi connectivity index (χ0n) is 22.2. The number of hydrogen-bond acceptors (Lipinski definition) is 8. The predicted octanol–water partition coefficient (Wildman–Crippen LogP) is 3.40. The summed E-state index contributed by atoms with van der Waals surface area (Å²) in [5.74, 6) is 0.578. The summed E-state index contributed by atoms with van der Waals surface area (Å²) < 4.78 is 29.4. The van der Waals surface area contributed by atoms with E-state index in [1.165, 1.54) is 44.4 Å². The highest BCUT2D eigenvalue weighted by molar-refractivity contribution is 7.54. The SMILES string of the molecule is CCN(CC)CC.COc1ccc(NP(=O)(O)OC[C@H]2O[C@@H](n3cc(C)c(=O)[nH]c3=O)C[C@@H]2N=[N+]=[N-])cc1. The van der Waals surface area contributed by atoms with Gasteiger partial charge in [-0.2, -0.15) is 0 Å². The standard InChI is InChI=1S/C17H21N6O7P.C6H15N/c1-10-8-23(17(25)19-16(10)24)15-7-13(20-22-18)14(30-15)9-29-31(26,27)21-11-3-5-12(28-2)6-4-11;1-4-7(5-2)6-3/h3-6,8,13-15H,7,9H2,1-2H3,(H,19,24,25)(H2,21,26,27);4-6H2,1-3H3/t13-,14+,15+;/m0./s1. The van der Waals surface area contributed by atoms with E-state index in [0.29, 0.717) is 17.0 Å². The molecule has 0 spiro atoms. The third-order valence-corrected chi connectivity index (χ3v) is 7.02. The summed E-state index contributed by atoms with van der Waals surface area (Å²) in [5, 5.41) is 6.02. The minimum Gasteiger partial charge on any atom is -0.497 e. The average molecular weight is 554 g/mol. The molecular weight excluding hydrogens is 517 g/mol. The van der Waals surface area contributed by atoms with E-state index in [4.69, 9.17) is 19.5 Å². The Morgan fingerprint density at radius 3 is 2.42 bits per heavy atom. The number of aromatic amines is 1. The molecule has 1 aromatic heterocycles. The summed E-state index contributed by atoms with van der Waals surface area (Å²) >= 11 is 0. The van der Waals surface area contributed by atoms with E-state index in [9.17, 15) is 19.0 Å². The number of azide groups is 1. The van der Waals surface area contributed by atoms with Crippen LogP contribution >= 0.6 is 7.75 Å². The van der Waals surface area contributed by atoms with E-state index in [-0.39, 0.29) is 13.0 Å². The number of hydrogen-bond donors (Lipinski definition) is 3. The summed E-state index contributed by atoms with van der Waals surface area (Å²) in [4.78, 5) is 41.1. The van der Waals surface area contributed by atoms with Crippen LogP contribution in [0.2, 0.25) is 0 Å². The highest BCUT2D eigenvalue weighted by Crippen LogP contribution is 2.43. The summed E-state index contributed by atoms with van der Waals surface area (Å²) in [6.45, 7) is 11.3. The number of aromatic nitrogens is 2. The maximum absolute atomic E-state index is 12.4. The Kier molecular flexibility index (Phi) is 12.0. The number of rotatable bonds is 11. The van der Waals surface area contributed by atoms with Crippen LogP contribution in [0.25, 0.3) is 10.4 Å². The molecule has 0 amide bonds. The van der Waals surface area contributed by atoms with Crippen LogP contribution in [0, 0.1) is 6.92 Å². The minimum absolute atomic E-state index is 0.116. The van der Waals surface area contributed by atoms with E-state index >= 15 is 0 Å². The van der Waals surface area contributed by atoms with Gasteiger partial charge >= 0.3 is 13.4 Å². The largest absolute Gasteiger partial charge is 0.497 e. The molecule has 38 heavy (non-hydrogen) atoms. The van der Waals surface area contributed by atoms with Crippen LogP contribution in [-0.4, -0.2) is 64.8 Å². The van der Waals surface area contributed by atoms with Crippen molar-refractivity contribution in [2.45, 2.75) is 52.5 Å². The van der Waals surface area contributed by atoms with Crippen molar-refractivity contribution in [1.29, 1.82) is 0 Å². The first-order valence-electron chi connectivity index (χ1n) is 12.2. The molecule has 0 aliphatic carbocycles. The number of anilines is 1. The second kappa shape index (κ2) is 14.7. The third kappa shape index (κ3) is 9.02. The highest BCUT2D eigenvalue weighted by atomic mass is 31.2. The molecule has 1 unspecified atom stereocenters. The second-order valence-corrected chi connectivity index (χ2v) is 9.91. The van der Waals surface area contributed by atoms with Gasteiger partial charge < -0.3 is 19.3 Å². The first-order valence-corrected chi connectivity index (χ1v) is 13.8. The van der Waals surface area contributed by atoms with Crippen LogP contribution in [-0.2, 0) is 13.8 Å². The summed E-state index contributed by atoms with van der Waals surface area (Å²) in [6.07, 6.45) is -0.284. The summed E-state index contributed by atoms with van der Waals surface area (Å²) in [6, 6.07) is 5.54. The third-order valence-electron chi connectivity index (χ3n) is 5.98. The molecule has 1 saturated heterocycles. The van der Waals surface area contributed by atoms with Crippen molar-refractivity contribution < 1.29 is 23.5 Å². The molecule has 14 nitrogen and oxygen atoms in total. The van der Waals surface area contributed by atoms with Crippen LogP contribution in [0.1, 0.15) is 39.0 Å². The maximum Gasteiger partial charge on any atom is 0.430 e. The fourth-order valence-corrected chi connectivity index (χ4v) is 4.62. The van der Waals surface area contributed by atoms with Crippen molar-refractivity contribution in [1.82, 2.24) is 14.5 Å². The molecule has 1 aliphatic heterocycles. The van der Waals surface area contributed by atoms with E-state index in [2.05, 4.69) is 45.8 Å². The highest BCUT2D eigenvalue weighted by Gasteiger charge is 2.38. The van der Waals surface area contributed by atoms with Gasteiger partial charge in [0, 0.05) is 28.8 Å². The molecule has 4 atom stereocenters. The van der Waals surface area contributed by atoms with Crippen LogP contribution in [0.15, 0.2) is 45.2 Å². The van der Waals surface area contributed by atoms with E-state index < -0.39 is 37.4 Å². The molecule has 2 heterocycles. The predicted molar refractivity (Wildman–Crippen MR) is 143 cm³/mol. The zero-order chi connectivity index (χ0) is 28.3. The molecule has 0 saturated carbocycles. The Morgan fingerprint density at radius 1 is 1.26 bits per heavy atom. The van der Waals surface area contributed by atoms with Gasteiger partial charge in [-0.1, -0.05) is 25.9 Å². The number of methoxy groups -OCH3 is 1. The number of aryl methyl sites for hydroxylation is 1.